The first-order valence-corrected chi connectivity index (χ1v) is 6.45. The maximum atomic E-state index is 10.5. The predicted molar refractivity (Wildman–Crippen MR) is 66.7 cm³/mol. The van der Waals surface area contributed by atoms with Crippen molar-refractivity contribution in [2.24, 2.45) is 5.92 Å². The van der Waals surface area contributed by atoms with E-state index in [2.05, 4.69) is 4.98 Å². The number of hydrogen-bond donors (Lipinski definition) is 1. The molecule has 2 aromatic heterocycles. The van der Waals surface area contributed by atoms with Gasteiger partial charge in [-0.05, 0) is 24.8 Å². The third-order valence-electron chi connectivity index (χ3n) is 3.90. The molecule has 2 aromatic rings. The SMILES string of the molecule is OC(c1cccn2cncc12)C1CCCCC1. The number of fused-ring (bicyclic) bond motifs is 1. The summed E-state index contributed by atoms with van der Waals surface area (Å²) in [5.41, 5.74) is 2.06. The lowest BCUT2D eigenvalue weighted by Gasteiger charge is -2.27. The van der Waals surface area contributed by atoms with Gasteiger partial charge in [0, 0.05) is 11.8 Å². The van der Waals surface area contributed by atoms with E-state index in [9.17, 15) is 5.11 Å². The number of rotatable bonds is 2. The smallest absolute Gasteiger partial charge is 0.0992 e. The fourth-order valence-electron chi connectivity index (χ4n) is 2.93. The summed E-state index contributed by atoms with van der Waals surface area (Å²) in [4.78, 5) is 4.14. The van der Waals surface area contributed by atoms with Gasteiger partial charge in [0.15, 0.2) is 0 Å². The van der Waals surface area contributed by atoms with Crippen LogP contribution in [0.3, 0.4) is 0 Å². The van der Waals surface area contributed by atoms with E-state index >= 15 is 0 Å². The second kappa shape index (κ2) is 4.49. The minimum atomic E-state index is -0.337. The molecule has 1 atom stereocenters. The highest BCUT2D eigenvalue weighted by Crippen LogP contribution is 2.35. The van der Waals surface area contributed by atoms with Gasteiger partial charge in [0.05, 0.1) is 24.1 Å². The number of pyridine rings is 1. The number of aromatic nitrogens is 2. The van der Waals surface area contributed by atoms with E-state index in [4.69, 9.17) is 0 Å². The molecule has 1 aliphatic rings. The summed E-state index contributed by atoms with van der Waals surface area (Å²) in [5, 5.41) is 10.5. The molecule has 1 unspecified atom stereocenters. The van der Waals surface area contributed by atoms with Crippen LogP contribution in [0.25, 0.3) is 5.52 Å². The zero-order chi connectivity index (χ0) is 11.7. The molecule has 1 saturated carbocycles. The van der Waals surface area contributed by atoms with Gasteiger partial charge in [0.2, 0.25) is 0 Å². The van der Waals surface area contributed by atoms with Crippen LogP contribution in [-0.2, 0) is 0 Å². The van der Waals surface area contributed by atoms with Crippen molar-refractivity contribution in [2.45, 2.75) is 38.2 Å². The van der Waals surface area contributed by atoms with Crippen LogP contribution in [-0.4, -0.2) is 14.5 Å². The molecule has 2 heterocycles. The summed E-state index contributed by atoms with van der Waals surface area (Å²) in [6.07, 6.45) is 11.4. The lowest BCUT2D eigenvalue weighted by atomic mass is 9.83. The van der Waals surface area contributed by atoms with Crippen molar-refractivity contribution in [1.82, 2.24) is 9.38 Å². The van der Waals surface area contributed by atoms with E-state index in [1.54, 1.807) is 6.33 Å². The van der Waals surface area contributed by atoms with E-state index in [1.807, 2.05) is 28.9 Å². The molecular weight excluding hydrogens is 212 g/mol. The summed E-state index contributed by atoms with van der Waals surface area (Å²) in [6.45, 7) is 0. The number of aliphatic hydroxyl groups is 1. The number of aliphatic hydroxyl groups excluding tert-OH is 1. The van der Waals surface area contributed by atoms with Gasteiger partial charge < -0.3 is 9.51 Å². The molecule has 0 aliphatic heterocycles. The number of nitrogens with zero attached hydrogens (tertiary/aromatic N) is 2. The van der Waals surface area contributed by atoms with Crippen LogP contribution in [0.4, 0.5) is 0 Å². The average molecular weight is 230 g/mol. The van der Waals surface area contributed by atoms with E-state index in [1.165, 1.54) is 19.3 Å². The van der Waals surface area contributed by atoms with Crippen molar-refractivity contribution in [3.8, 4) is 0 Å². The first-order valence-electron chi connectivity index (χ1n) is 6.45. The lowest BCUT2D eigenvalue weighted by Crippen LogP contribution is -2.16. The molecule has 17 heavy (non-hydrogen) atoms. The third kappa shape index (κ3) is 1.95. The van der Waals surface area contributed by atoms with Gasteiger partial charge in [-0.2, -0.15) is 0 Å². The molecule has 1 aliphatic carbocycles. The van der Waals surface area contributed by atoms with Crippen LogP contribution in [0.15, 0.2) is 30.9 Å². The van der Waals surface area contributed by atoms with Crippen LogP contribution >= 0.6 is 0 Å². The first kappa shape index (κ1) is 10.8. The quantitative estimate of drug-likeness (QED) is 0.861. The second-order valence-electron chi connectivity index (χ2n) is 4.99. The minimum Gasteiger partial charge on any atom is -0.388 e. The highest BCUT2D eigenvalue weighted by atomic mass is 16.3. The van der Waals surface area contributed by atoms with Gasteiger partial charge in [-0.1, -0.05) is 25.3 Å². The fourth-order valence-corrected chi connectivity index (χ4v) is 2.93. The molecule has 0 saturated heterocycles. The molecule has 90 valence electrons. The maximum Gasteiger partial charge on any atom is 0.0992 e. The fraction of sp³-hybridized carbons (Fsp3) is 0.500. The summed E-state index contributed by atoms with van der Waals surface area (Å²) >= 11 is 0. The van der Waals surface area contributed by atoms with E-state index < -0.39 is 0 Å². The molecule has 1 N–H and O–H groups in total. The van der Waals surface area contributed by atoms with Gasteiger partial charge in [0.1, 0.15) is 0 Å². The summed E-state index contributed by atoms with van der Waals surface area (Å²) in [7, 11) is 0. The Kier molecular flexibility index (Phi) is 2.85. The summed E-state index contributed by atoms with van der Waals surface area (Å²) < 4.78 is 1.97. The molecule has 3 rings (SSSR count). The average Bonchev–Trinajstić information content (AvgIpc) is 2.87. The van der Waals surface area contributed by atoms with Gasteiger partial charge >= 0.3 is 0 Å². The zero-order valence-corrected chi connectivity index (χ0v) is 9.92. The van der Waals surface area contributed by atoms with E-state index in [0.29, 0.717) is 5.92 Å². The molecule has 0 bridgehead atoms. The highest BCUT2D eigenvalue weighted by Gasteiger charge is 2.24. The third-order valence-corrected chi connectivity index (χ3v) is 3.90. The Hall–Kier alpha value is -1.35. The molecule has 1 fully saturated rings. The Balaban J connectivity index is 1.94. The summed E-state index contributed by atoms with van der Waals surface area (Å²) in [6, 6.07) is 4.01. The Morgan fingerprint density at radius 1 is 1.29 bits per heavy atom. The molecule has 3 nitrogen and oxygen atoms in total. The van der Waals surface area contributed by atoms with E-state index in [0.717, 1.165) is 23.9 Å². The van der Waals surface area contributed by atoms with Gasteiger partial charge in [-0.15, -0.1) is 0 Å². The standard InChI is InChI=1S/C14H18N2O/c17-14(11-5-2-1-3-6-11)12-7-4-8-16-10-15-9-13(12)16/h4,7-11,14,17H,1-3,5-6H2. The van der Waals surface area contributed by atoms with Crippen molar-refractivity contribution >= 4 is 5.52 Å². The topological polar surface area (TPSA) is 37.5 Å². The first-order chi connectivity index (χ1) is 8.36. The Morgan fingerprint density at radius 2 is 2.12 bits per heavy atom. The minimum absolute atomic E-state index is 0.337. The Bertz CT molecular complexity index is 500. The van der Waals surface area contributed by atoms with Crippen LogP contribution in [0, 0.1) is 5.92 Å². The van der Waals surface area contributed by atoms with Crippen LogP contribution < -0.4 is 0 Å². The van der Waals surface area contributed by atoms with Crippen molar-refractivity contribution < 1.29 is 5.11 Å². The van der Waals surface area contributed by atoms with Crippen molar-refractivity contribution in [3.05, 3.63) is 36.4 Å². The lowest BCUT2D eigenvalue weighted by molar-refractivity contribution is 0.0858. The molecule has 0 amide bonds. The number of hydrogen-bond acceptors (Lipinski definition) is 2. The molecular formula is C14H18N2O. The predicted octanol–water partition coefficient (Wildman–Crippen LogP) is 2.95. The number of imidazole rings is 1. The van der Waals surface area contributed by atoms with Crippen molar-refractivity contribution in [2.75, 3.05) is 0 Å². The van der Waals surface area contributed by atoms with Crippen molar-refractivity contribution in [3.63, 3.8) is 0 Å². The molecule has 0 spiro atoms. The van der Waals surface area contributed by atoms with E-state index in [-0.39, 0.29) is 6.10 Å². The van der Waals surface area contributed by atoms with Crippen molar-refractivity contribution in [1.29, 1.82) is 0 Å². The maximum absolute atomic E-state index is 10.5. The monoisotopic (exact) mass is 230 g/mol. The Morgan fingerprint density at radius 3 is 2.94 bits per heavy atom. The zero-order valence-electron chi connectivity index (χ0n) is 9.92. The second-order valence-corrected chi connectivity index (χ2v) is 4.99. The largest absolute Gasteiger partial charge is 0.388 e. The highest BCUT2D eigenvalue weighted by molar-refractivity contribution is 5.54. The molecule has 0 aromatic carbocycles. The molecule has 0 radical (unpaired) electrons. The normalized spacial score (nSPS) is 19.6. The van der Waals surface area contributed by atoms with Crippen LogP contribution in [0.1, 0.15) is 43.8 Å². The van der Waals surface area contributed by atoms with Crippen LogP contribution in [0.2, 0.25) is 0 Å². The van der Waals surface area contributed by atoms with Gasteiger partial charge in [-0.25, -0.2) is 4.98 Å². The summed E-state index contributed by atoms with van der Waals surface area (Å²) in [5.74, 6) is 0.421. The van der Waals surface area contributed by atoms with Gasteiger partial charge in [0.25, 0.3) is 0 Å². The van der Waals surface area contributed by atoms with Crippen LogP contribution in [0.5, 0.6) is 0 Å². The van der Waals surface area contributed by atoms with Gasteiger partial charge in [-0.3, -0.25) is 0 Å². The molecule has 3 heteroatoms. The Labute approximate surface area is 101 Å².